The fourth-order valence-corrected chi connectivity index (χ4v) is 1.74. The van der Waals surface area contributed by atoms with Crippen LogP contribution in [0.4, 0.5) is 10.2 Å². The van der Waals surface area contributed by atoms with Crippen LogP contribution in [-0.2, 0) is 0 Å². The van der Waals surface area contributed by atoms with E-state index in [9.17, 15) is 9.18 Å². The number of anilines is 1. The summed E-state index contributed by atoms with van der Waals surface area (Å²) in [6, 6.07) is 10.6. The normalized spacial score (nSPS) is 10.0. The smallest absolute Gasteiger partial charge is 0.254 e. The summed E-state index contributed by atoms with van der Waals surface area (Å²) >= 11 is 0. The monoisotopic (exact) mass is 289 g/mol. The number of hydrogen-bond acceptors (Lipinski definition) is 4. The lowest BCUT2D eigenvalue weighted by molar-refractivity contribution is 0.0943. The molecule has 0 aliphatic rings. The number of nitrogens with one attached hydrogen (secondary N) is 2. The number of amides is 1. The van der Waals surface area contributed by atoms with E-state index in [1.54, 1.807) is 7.05 Å². The van der Waals surface area contributed by atoms with Crippen LogP contribution < -0.4 is 15.4 Å². The number of nitrogens with zero attached hydrogens (tertiary/aromatic N) is 1. The minimum Gasteiger partial charge on any atom is -0.492 e. The Hall–Kier alpha value is -2.63. The SMILES string of the molecule is CNc1nccc(C(=O)NCCOc2ccccc2)c1F. The Balaban J connectivity index is 1.85. The molecular formula is C15H16FN3O2. The Labute approximate surface area is 122 Å². The average Bonchev–Trinajstić information content (AvgIpc) is 2.52. The van der Waals surface area contributed by atoms with E-state index in [1.165, 1.54) is 12.3 Å². The lowest BCUT2D eigenvalue weighted by Crippen LogP contribution is -2.29. The number of ether oxygens (including phenoxy) is 1. The molecule has 0 saturated carbocycles. The second-order valence-corrected chi connectivity index (χ2v) is 4.19. The zero-order valence-electron chi connectivity index (χ0n) is 11.6. The molecule has 0 radical (unpaired) electrons. The van der Waals surface area contributed by atoms with Crippen molar-refractivity contribution >= 4 is 11.7 Å². The van der Waals surface area contributed by atoms with Crippen LogP contribution in [0.25, 0.3) is 0 Å². The number of carbonyl (C=O) groups excluding carboxylic acids is 1. The molecule has 0 fully saturated rings. The van der Waals surface area contributed by atoms with E-state index >= 15 is 0 Å². The molecule has 1 amide bonds. The summed E-state index contributed by atoms with van der Waals surface area (Å²) in [5.74, 6) is -0.396. The molecule has 0 aliphatic carbocycles. The van der Waals surface area contributed by atoms with Crippen molar-refractivity contribution in [3.8, 4) is 5.75 Å². The number of para-hydroxylation sites is 1. The maximum atomic E-state index is 13.9. The number of carbonyl (C=O) groups is 1. The first-order valence-corrected chi connectivity index (χ1v) is 6.50. The van der Waals surface area contributed by atoms with Gasteiger partial charge >= 0.3 is 0 Å². The van der Waals surface area contributed by atoms with Crippen molar-refractivity contribution in [1.82, 2.24) is 10.3 Å². The molecule has 1 heterocycles. The molecule has 6 heteroatoms. The summed E-state index contributed by atoms with van der Waals surface area (Å²) in [5, 5.41) is 5.19. The Kier molecular flexibility index (Phi) is 5.09. The molecule has 0 atom stereocenters. The van der Waals surface area contributed by atoms with Crippen LogP contribution in [0.1, 0.15) is 10.4 Å². The van der Waals surface area contributed by atoms with E-state index in [4.69, 9.17) is 4.74 Å². The summed E-state index contributed by atoms with van der Waals surface area (Å²) in [4.78, 5) is 15.7. The molecule has 0 aliphatic heterocycles. The zero-order valence-corrected chi connectivity index (χ0v) is 11.6. The number of rotatable bonds is 6. The molecule has 2 N–H and O–H groups in total. The summed E-state index contributed by atoms with van der Waals surface area (Å²) < 4.78 is 19.3. The second-order valence-electron chi connectivity index (χ2n) is 4.19. The zero-order chi connectivity index (χ0) is 15.1. The summed E-state index contributed by atoms with van der Waals surface area (Å²) in [5.41, 5.74) is -0.0472. The van der Waals surface area contributed by atoms with Gasteiger partial charge in [0.1, 0.15) is 12.4 Å². The predicted molar refractivity (Wildman–Crippen MR) is 78.0 cm³/mol. The van der Waals surface area contributed by atoms with Gasteiger partial charge in [0, 0.05) is 13.2 Å². The van der Waals surface area contributed by atoms with Crippen molar-refractivity contribution in [1.29, 1.82) is 0 Å². The Morgan fingerprint density at radius 3 is 2.76 bits per heavy atom. The first-order chi connectivity index (χ1) is 10.2. The highest BCUT2D eigenvalue weighted by atomic mass is 19.1. The van der Waals surface area contributed by atoms with Crippen LogP contribution in [0.5, 0.6) is 5.75 Å². The van der Waals surface area contributed by atoms with Crippen LogP contribution in [-0.4, -0.2) is 31.1 Å². The highest BCUT2D eigenvalue weighted by Gasteiger charge is 2.14. The quantitative estimate of drug-likeness (QED) is 0.799. The van der Waals surface area contributed by atoms with Gasteiger partial charge in [-0.25, -0.2) is 9.37 Å². The largest absolute Gasteiger partial charge is 0.492 e. The van der Waals surface area contributed by atoms with Crippen LogP contribution in [0.3, 0.4) is 0 Å². The van der Waals surface area contributed by atoms with Crippen LogP contribution >= 0.6 is 0 Å². The van der Waals surface area contributed by atoms with Gasteiger partial charge < -0.3 is 15.4 Å². The van der Waals surface area contributed by atoms with E-state index < -0.39 is 11.7 Å². The number of pyridine rings is 1. The predicted octanol–water partition coefficient (Wildman–Crippen LogP) is 2.07. The lowest BCUT2D eigenvalue weighted by atomic mass is 10.2. The van der Waals surface area contributed by atoms with Gasteiger partial charge in [-0.3, -0.25) is 4.79 Å². The summed E-state index contributed by atoms with van der Waals surface area (Å²) in [6.45, 7) is 0.589. The molecule has 0 spiro atoms. The van der Waals surface area contributed by atoms with Gasteiger partial charge in [-0.2, -0.15) is 0 Å². The highest BCUT2D eigenvalue weighted by Crippen LogP contribution is 2.14. The number of aromatic nitrogens is 1. The fourth-order valence-electron chi connectivity index (χ4n) is 1.74. The Bertz CT molecular complexity index is 605. The topological polar surface area (TPSA) is 63.2 Å². The number of hydrogen-bond donors (Lipinski definition) is 2. The van der Waals surface area contributed by atoms with Gasteiger partial charge in [0.25, 0.3) is 5.91 Å². The van der Waals surface area contributed by atoms with Crippen molar-refractivity contribution in [2.24, 2.45) is 0 Å². The maximum absolute atomic E-state index is 13.9. The van der Waals surface area contributed by atoms with Gasteiger partial charge in [-0.15, -0.1) is 0 Å². The molecule has 2 aromatic rings. The maximum Gasteiger partial charge on any atom is 0.254 e. The van der Waals surface area contributed by atoms with E-state index in [2.05, 4.69) is 15.6 Å². The third kappa shape index (κ3) is 3.92. The van der Waals surface area contributed by atoms with Gasteiger partial charge in [0.15, 0.2) is 11.6 Å². The number of benzene rings is 1. The number of halogens is 1. The highest BCUT2D eigenvalue weighted by molar-refractivity contribution is 5.95. The third-order valence-electron chi connectivity index (χ3n) is 2.77. The lowest BCUT2D eigenvalue weighted by Gasteiger charge is -2.09. The van der Waals surface area contributed by atoms with Crippen molar-refractivity contribution in [2.75, 3.05) is 25.5 Å². The molecule has 0 saturated heterocycles. The second kappa shape index (κ2) is 7.23. The first-order valence-electron chi connectivity index (χ1n) is 6.50. The van der Waals surface area contributed by atoms with Crippen molar-refractivity contribution in [2.45, 2.75) is 0 Å². The molecule has 2 rings (SSSR count). The standard InChI is InChI=1S/C15H16FN3O2/c1-17-14-13(16)12(7-8-18-14)15(20)19-9-10-21-11-5-3-2-4-6-11/h2-8H,9-10H2,1H3,(H,17,18)(H,19,20). The third-order valence-corrected chi connectivity index (χ3v) is 2.77. The van der Waals surface area contributed by atoms with Gasteiger partial charge in [-0.05, 0) is 18.2 Å². The van der Waals surface area contributed by atoms with Gasteiger partial charge in [0.05, 0.1) is 12.1 Å². The van der Waals surface area contributed by atoms with Crippen LogP contribution in [0, 0.1) is 5.82 Å². The summed E-state index contributed by atoms with van der Waals surface area (Å²) in [6.07, 6.45) is 1.38. The molecule has 1 aromatic heterocycles. The molecule has 1 aromatic carbocycles. The molecule has 5 nitrogen and oxygen atoms in total. The molecular weight excluding hydrogens is 273 g/mol. The average molecular weight is 289 g/mol. The van der Waals surface area contributed by atoms with E-state index in [0.717, 1.165) is 5.75 Å². The summed E-state index contributed by atoms with van der Waals surface area (Å²) in [7, 11) is 1.54. The van der Waals surface area contributed by atoms with Gasteiger partial charge in [-0.1, -0.05) is 18.2 Å². The molecule has 0 bridgehead atoms. The van der Waals surface area contributed by atoms with Crippen molar-refractivity contribution in [3.63, 3.8) is 0 Å². The van der Waals surface area contributed by atoms with Crippen molar-refractivity contribution < 1.29 is 13.9 Å². The minimum atomic E-state index is -0.665. The fraction of sp³-hybridized carbons (Fsp3) is 0.200. The molecule has 110 valence electrons. The van der Waals surface area contributed by atoms with E-state index in [-0.39, 0.29) is 17.9 Å². The van der Waals surface area contributed by atoms with E-state index in [1.807, 2.05) is 30.3 Å². The first kappa shape index (κ1) is 14.8. The van der Waals surface area contributed by atoms with Crippen molar-refractivity contribution in [3.05, 3.63) is 54.0 Å². The van der Waals surface area contributed by atoms with E-state index in [0.29, 0.717) is 6.61 Å². The Morgan fingerprint density at radius 2 is 2.05 bits per heavy atom. The Morgan fingerprint density at radius 1 is 1.29 bits per heavy atom. The van der Waals surface area contributed by atoms with Crippen LogP contribution in [0.2, 0.25) is 0 Å². The molecule has 21 heavy (non-hydrogen) atoms. The molecule has 0 unspecified atom stereocenters. The minimum absolute atomic E-state index is 0.0446. The van der Waals surface area contributed by atoms with Gasteiger partial charge in [0.2, 0.25) is 0 Å². The van der Waals surface area contributed by atoms with Crippen LogP contribution in [0.15, 0.2) is 42.6 Å².